The molecule has 2 aromatic rings. The van der Waals surface area contributed by atoms with Crippen LogP contribution >= 0.6 is 0 Å². The van der Waals surface area contributed by atoms with Gasteiger partial charge in [0.1, 0.15) is 5.75 Å². The number of carbonyl (C=O) groups excluding carboxylic acids is 2. The zero-order valence-electron chi connectivity index (χ0n) is 16.3. The van der Waals surface area contributed by atoms with Gasteiger partial charge in [-0.3, -0.25) is 9.59 Å². The van der Waals surface area contributed by atoms with Crippen molar-refractivity contribution in [2.45, 2.75) is 19.8 Å². The van der Waals surface area contributed by atoms with Crippen molar-refractivity contribution in [1.29, 1.82) is 0 Å². The molecule has 0 radical (unpaired) electrons. The van der Waals surface area contributed by atoms with Crippen LogP contribution in [0, 0.1) is 0 Å². The van der Waals surface area contributed by atoms with Gasteiger partial charge in [-0.15, -0.1) is 0 Å². The molecular weight excluding hydrogens is 354 g/mol. The summed E-state index contributed by atoms with van der Waals surface area (Å²) in [6, 6.07) is 17.0. The fraction of sp³-hybridized carbons (Fsp3) is 0.364. The minimum atomic E-state index is -0.195. The molecule has 2 aromatic carbocycles. The summed E-state index contributed by atoms with van der Waals surface area (Å²) >= 11 is 0. The van der Waals surface area contributed by atoms with Crippen molar-refractivity contribution in [3.63, 3.8) is 0 Å². The standard InChI is InChI=1S/C22H27N3O3/c1-2-6-22(27)25-15-13-24(14-16-25)19-11-9-18(10-12-19)23-21(26)17-28-20-7-4-3-5-8-20/h3-5,7-12H,2,6,13-17H2,1H3,(H,23,26). The number of amides is 2. The lowest BCUT2D eigenvalue weighted by molar-refractivity contribution is -0.131. The number of rotatable bonds is 7. The van der Waals surface area contributed by atoms with E-state index in [2.05, 4.69) is 10.2 Å². The molecule has 1 N–H and O–H groups in total. The first-order chi connectivity index (χ1) is 13.7. The zero-order valence-corrected chi connectivity index (χ0v) is 16.3. The average Bonchev–Trinajstić information content (AvgIpc) is 2.74. The smallest absolute Gasteiger partial charge is 0.262 e. The summed E-state index contributed by atoms with van der Waals surface area (Å²) in [5.41, 5.74) is 1.84. The summed E-state index contributed by atoms with van der Waals surface area (Å²) in [6.45, 7) is 5.17. The SMILES string of the molecule is CCCC(=O)N1CCN(c2ccc(NC(=O)COc3ccccc3)cc2)CC1. The van der Waals surface area contributed by atoms with E-state index in [0.717, 1.165) is 44.0 Å². The second-order valence-corrected chi connectivity index (χ2v) is 6.81. The summed E-state index contributed by atoms with van der Waals surface area (Å²) in [5, 5.41) is 2.84. The quantitative estimate of drug-likeness (QED) is 0.800. The predicted octanol–water partition coefficient (Wildman–Crippen LogP) is 3.15. The molecule has 0 bridgehead atoms. The summed E-state index contributed by atoms with van der Waals surface area (Å²) in [4.78, 5) is 28.2. The summed E-state index contributed by atoms with van der Waals surface area (Å²) in [7, 11) is 0. The molecule has 0 aliphatic carbocycles. The minimum absolute atomic E-state index is 0.0283. The molecule has 0 spiro atoms. The van der Waals surface area contributed by atoms with Gasteiger partial charge in [0.25, 0.3) is 5.91 Å². The van der Waals surface area contributed by atoms with Crippen LogP contribution < -0.4 is 15.0 Å². The van der Waals surface area contributed by atoms with Crippen molar-refractivity contribution in [1.82, 2.24) is 4.90 Å². The first-order valence-electron chi connectivity index (χ1n) is 9.76. The summed E-state index contributed by atoms with van der Waals surface area (Å²) in [6.07, 6.45) is 1.52. The Kier molecular flexibility index (Phi) is 6.89. The molecule has 28 heavy (non-hydrogen) atoms. The third kappa shape index (κ3) is 5.49. The number of hydrogen-bond donors (Lipinski definition) is 1. The number of nitrogens with one attached hydrogen (secondary N) is 1. The first-order valence-corrected chi connectivity index (χ1v) is 9.76. The number of ether oxygens (including phenoxy) is 1. The minimum Gasteiger partial charge on any atom is -0.484 e. The number of piperazine rings is 1. The van der Waals surface area contributed by atoms with E-state index < -0.39 is 0 Å². The number of anilines is 2. The van der Waals surface area contributed by atoms with Gasteiger partial charge in [-0.2, -0.15) is 0 Å². The van der Waals surface area contributed by atoms with Gasteiger partial charge in [-0.25, -0.2) is 0 Å². The van der Waals surface area contributed by atoms with Gasteiger partial charge >= 0.3 is 0 Å². The molecule has 0 saturated carbocycles. The second-order valence-electron chi connectivity index (χ2n) is 6.81. The normalized spacial score (nSPS) is 13.9. The van der Waals surface area contributed by atoms with Crippen LogP contribution in [0.4, 0.5) is 11.4 Å². The fourth-order valence-corrected chi connectivity index (χ4v) is 3.20. The Morgan fingerprint density at radius 3 is 2.29 bits per heavy atom. The molecular formula is C22H27N3O3. The number of hydrogen-bond acceptors (Lipinski definition) is 4. The largest absolute Gasteiger partial charge is 0.484 e. The van der Waals surface area contributed by atoms with Crippen LogP contribution in [0.2, 0.25) is 0 Å². The number of benzene rings is 2. The van der Waals surface area contributed by atoms with Crippen molar-refractivity contribution < 1.29 is 14.3 Å². The number of carbonyl (C=O) groups is 2. The van der Waals surface area contributed by atoms with Crippen LogP contribution in [-0.4, -0.2) is 49.5 Å². The van der Waals surface area contributed by atoms with E-state index in [1.54, 1.807) is 0 Å². The molecule has 148 valence electrons. The Bertz CT molecular complexity index is 769. The number of para-hydroxylation sites is 1. The molecule has 0 unspecified atom stereocenters. The van der Waals surface area contributed by atoms with Gasteiger partial charge in [-0.05, 0) is 42.8 Å². The Hall–Kier alpha value is -3.02. The van der Waals surface area contributed by atoms with E-state index in [1.165, 1.54) is 0 Å². The average molecular weight is 381 g/mol. The second kappa shape index (κ2) is 9.78. The molecule has 6 nitrogen and oxygen atoms in total. The van der Waals surface area contributed by atoms with Crippen molar-refractivity contribution in [3.05, 3.63) is 54.6 Å². The van der Waals surface area contributed by atoms with E-state index in [0.29, 0.717) is 12.2 Å². The van der Waals surface area contributed by atoms with Crippen LogP contribution in [-0.2, 0) is 9.59 Å². The molecule has 1 fully saturated rings. The fourth-order valence-electron chi connectivity index (χ4n) is 3.20. The molecule has 1 aliphatic heterocycles. The van der Waals surface area contributed by atoms with E-state index in [1.807, 2.05) is 66.4 Å². The Morgan fingerprint density at radius 2 is 1.64 bits per heavy atom. The summed E-state index contributed by atoms with van der Waals surface area (Å²) < 4.78 is 5.45. The van der Waals surface area contributed by atoms with E-state index in [-0.39, 0.29) is 18.4 Å². The molecule has 0 atom stereocenters. The highest BCUT2D eigenvalue weighted by Gasteiger charge is 2.20. The highest BCUT2D eigenvalue weighted by molar-refractivity contribution is 5.92. The highest BCUT2D eigenvalue weighted by atomic mass is 16.5. The van der Waals surface area contributed by atoms with Crippen LogP contribution in [0.15, 0.2) is 54.6 Å². The van der Waals surface area contributed by atoms with Crippen molar-refractivity contribution in [2.24, 2.45) is 0 Å². The van der Waals surface area contributed by atoms with Crippen LogP contribution in [0.5, 0.6) is 5.75 Å². The molecule has 1 saturated heterocycles. The molecule has 3 rings (SSSR count). The van der Waals surface area contributed by atoms with Gasteiger partial charge in [0.2, 0.25) is 5.91 Å². The Balaban J connectivity index is 1.46. The maximum atomic E-state index is 12.0. The topological polar surface area (TPSA) is 61.9 Å². The van der Waals surface area contributed by atoms with Crippen LogP contribution in [0.25, 0.3) is 0 Å². The van der Waals surface area contributed by atoms with Gasteiger partial charge in [-0.1, -0.05) is 25.1 Å². The first kappa shape index (κ1) is 19.7. The molecule has 1 heterocycles. The third-order valence-corrected chi connectivity index (χ3v) is 4.73. The monoisotopic (exact) mass is 381 g/mol. The predicted molar refractivity (Wildman–Crippen MR) is 111 cm³/mol. The van der Waals surface area contributed by atoms with Gasteiger partial charge < -0.3 is 19.9 Å². The molecule has 0 aromatic heterocycles. The van der Waals surface area contributed by atoms with E-state index >= 15 is 0 Å². The molecule has 2 amide bonds. The lowest BCUT2D eigenvalue weighted by atomic mass is 10.2. The Labute approximate surface area is 166 Å². The summed E-state index contributed by atoms with van der Waals surface area (Å²) in [5.74, 6) is 0.724. The Morgan fingerprint density at radius 1 is 0.964 bits per heavy atom. The maximum Gasteiger partial charge on any atom is 0.262 e. The van der Waals surface area contributed by atoms with Gasteiger partial charge in [0.15, 0.2) is 6.61 Å². The van der Waals surface area contributed by atoms with Crippen LogP contribution in [0.3, 0.4) is 0 Å². The maximum absolute atomic E-state index is 12.0. The zero-order chi connectivity index (χ0) is 19.8. The lowest BCUT2D eigenvalue weighted by Gasteiger charge is -2.36. The van der Waals surface area contributed by atoms with Crippen LogP contribution in [0.1, 0.15) is 19.8 Å². The third-order valence-electron chi connectivity index (χ3n) is 4.73. The molecule has 1 aliphatic rings. The lowest BCUT2D eigenvalue weighted by Crippen LogP contribution is -2.48. The molecule has 6 heteroatoms. The van der Waals surface area contributed by atoms with Crippen molar-refractivity contribution in [2.75, 3.05) is 43.0 Å². The number of nitrogens with zero attached hydrogens (tertiary/aromatic N) is 2. The van der Waals surface area contributed by atoms with Gasteiger partial charge in [0.05, 0.1) is 0 Å². The van der Waals surface area contributed by atoms with Crippen molar-refractivity contribution in [3.8, 4) is 5.75 Å². The highest BCUT2D eigenvalue weighted by Crippen LogP contribution is 2.20. The van der Waals surface area contributed by atoms with E-state index in [9.17, 15) is 9.59 Å². The van der Waals surface area contributed by atoms with Crippen molar-refractivity contribution >= 4 is 23.2 Å². The van der Waals surface area contributed by atoms with E-state index in [4.69, 9.17) is 4.74 Å². The van der Waals surface area contributed by atoms with Gasteiger partial charge in [0, 0.05) is 44.0 Å².